The van der Waals surface area contributed by atoms with Crippen LogP contribution in [0.4, 0.5) is 0 Å². The molecule has 0 radical (unpaired) electrons. The predicted molar refractivity (Wildman–Crippen MR) is 71.2 cm³/mol. The van der Waals surface area contributed by atoms with Crippen molar-refractivity contribution in [1.82, 2.24) is 5.01 Å². The van der Waals surface area contributed by atoms with E-state index in [-0.39, 0.29) is 0 Å². The van der Waals surface area contributed by atoms with Crippen LogP contribution in [0, 0.1) is 34.5 Å². The van der Waals surface area contributed by atoms with Gasteiger partial charge in [0.1, 0.15) is 11.1 Å². The Morgan fingerprint density at radius 2 is 1.37 bits per heavy atom. The van der Waals surface area contributed by atoms with Gasteiger partial charge in [0.15, 0.2) is 0 Å². The Bertz CT molecular complexity index is 408. The first-order valence-electron chi connectivity index (χ1n) is 7.57. The van der Waals surface area contributed by atoms with E-state index in [1.165, 1.54) is 12.8 Å². The normalized spacial score (nSPS) is 46.5. The first-order valence-corrected chi connectivity index (χ1v) is 7.57. The van der Waals surface area contributed by atoms with Crippen LogP contribution in [-0.4, -0.2) is 16.1 Å². The topological polar surface area (TPSA) is 76.8 Å². The number of nitrogens with two attached hydrogens (primary N) is 1. The van der Waals surface area contributed by atoms with Gasteiger partial charge in [-0.05, 0) is 43.9 Å². The summed E-state index contributed by atoms with van der Waals surface area (Å²) in [7, 11) is 0. The van der Waals surface area contributed by atoms with E-state index >= 15 is 0 Å². The zero-order valence-electron chi connectivity index (χ0n) is 11.4. The zero-order chi connectivity index (χ0) is 13.5. The van der Waals surface area contributed by atoms with Gasteiger partial charge in [0.05, 0.1) is 12.1 Å². The van der Waals surface area contributed by atoms with Gasteiger partial charge in [0.25, 0.3) is 0 Å². The molecule has 3 aliphatic rings. The van der Waals surface area contributed by atoms with Crippen molar-refractivity contribution in [2.24, 2.45) is 17.7 Å². The summed E-state index contributed by atoms with van der Waals surface area (Å²) >= 11 is 0. The number of rotatable bonds is 0. The predicted octanol–water partition coefficient (Wildman–Crippen LogP) is 2.47. The van der Waals surface area contributed by atoms with Crippen LogP contribution < -0.4 is 5.84 Å². The number of piperidine rings is 1. The maximum atomic E-state index is 9.77. The fraction of sp³-hybridized carbons (Fsp3) is 0.867. The van der Waals surface area contributed by atoms with Gasteiger partial charge in [-0.25, -0.2) is 5.01 Å². The van der Waals surface area contributed by atoms with Gasteiger partial charge in [-0.1, -0.05) is 25.7 Å². The molecule has 2 aliphatic carbocycles. The monoisotopic (exact) mass is 258 g/mol. The molecule has 0 spiro atoms. The van der Waals surface area contributed by atoms with Crippen LogP contribution in [0.15, 0.2) is 0 Å². The van der Waals surface area contributed by atoms with Crippen molar-refractivity contribution in [1.29, 1.82) is 10.5 Å². The maximum absolute atomic E-state index is 9.77. The summed E-state index contributed by atoms with van der Waals surface area (Å²) in [6, 6.07) is 5.02. The second-order valence-electron chi connectivity index (χ2n) is 6.56. The molecule has 0 aromatic carbocycles. The number of hydrogen-bond acceptors (Lipinski definition) is 4. The smallest absolute Gasteiger partial charge is 0.126 e. The Balaban J connectivity index is 2.04. The number of hydrazine groups is 1. The van der Waals surface area contributed by atoms with Gasteiger partial charge >= 0.3 is 0 Å². The summed E-state index contributed by atoms with van der Waals surface area (Å²) in [4.78, 5) is 0. The fourth-order valence-electron chi connectivity index (χ4n) is 4.82. The summed E-state index contributed by atoms with van der Waals surface area (Å²) < 4.78 is 0. The summed E-state index contributed by atoms with van der Waals surface area (Å²) in [5.74, 6) is 7.15. The summed E-state index contributed by atoms with van der Waals surface area (Å²) in [6.07, 6.45) is 9.41. The molecule has 2 N–H and O–H groups in total. The standard InChI is InChI=1S/C15H22N4/c16-10-14-7-3-1-5-12(14)9-13-6-2-4-8-15(13,11-17)19(14)18/h12-13H,1-9,18H2/t12-,13-,14+,15+/m0/s1. The second kappa shape index (κ2) is 4.47. The number of hydrogen-bond donors (Lipinski definition) is 1. The Morgan fingerprint density at radius 1 is 0.895 bits per heavy atom. The minimum absolute atomic E-state index is 0.362. The molecule has 102 valence electrons. The summed E-state index contributed by atoms with van der Waals surface area (Å²) in [5.41, 5.74) is -1.16. The van der Waals surface area contributed by atoms with Crippen LogP contribution in [0.25, 0.3) is 0 Å². The Labute approximate surface area is 115 Å². The van der Waals surface area contributed by atoms with E-state index in [9.17, 15) is 10.5 Å². The summed E-state index contributed by atoms with van der Waals surface area (Å²) in [6.45, 7) is 0. The van der Waals surface area contributed by atoms with Crippen LogP contribution in [0.2, 0.25) is 0 Å². The third-order valence-electron chi connectivity index (χ3n) is 5.89. The van der Waals surface area contributed by atoms with Crippen LogP contribution in [0.3, 0.4) is 0 Å². The third-order valence-corrected chi connectivity index (χ3v) is 5.89. The molecule has 0 bridgehead atoms. The number of fused-ring (bicyclic) bond motifs is 2. The maximum Gasteiger partial charge on any atom is 0.126 e. The second-order valence-corrected chi connectivity index (χ2v) is 6.56. The lowest BCUT2D eigenvalue weighted by molar-refractivity contribution is -0.113. The van der Waals surface area contributed by atoms with E-state index in [0.29, 0.717) is 11.8 Å². The molecule has 4 nitrogen and oxygen atoms in total. The Hall–Kier alpha value is -1.10. The van der Waals surface area contributed by atoms with Crippen LogP contribution in [0.5, 0.6) is 0 Å². The number of nitrogens with zero attached hydrogens (tertiary/aromatic N) is 3. The van der Waals surface area contributed by atoms with E-state index in [1.54, 1.807) is 5.01 Å². The van der Waals surface area contributed by atoms with E-state index in [2.05, 4.69) is 12.1 Å². The molecule has 2 saturated carbocycles. The van der Waals surface area contributed by atoms with Gasteiger partial charge in [-0.15, -0.1) is 0 Å². The summed E-state index contributed by atoms with van der Waals surface area (Å²) in [5, 5.41) is 21.3. The average molecular weight is 258 g/mol. The van der Waals surface area contributed by atoms with Gasteiger partial charge in [0, 0.05) is 0 Å². The molecule has 4 heteroatoms. The molecule has 1 heterocycles. The molecule has 1 aliphatic heterocycles. The van der Waals surface area contributed by atoms with Crippen LogP contribution in [-0.2, 0) is 0 Å². The van der Waals surface area contributed by atoms with Crippen molar-refractivity contribution in [2.75, 3.05) is 0 Å². The van der Waals surface area contributed by atoms with Crippen molar-refractivity contribution in [3.05, 3.63) is 0 Å². The molecule has 3 rings (SSSR count). The molecule has 0 unspecified atom stereocenters. The van der Waals surface area contributed by atoms with Gasteiger partial charge in [-0.3, -0.25) is 5.84 Å². The molecule has 0 aromatic rings. The number of nitriles is 2. The van der Waals surface area contributed by atoms with E-state index in [1.807, 2.05) is 0 Å². The molecule has 1 saturated heterocycles. The highest BCUT2D eigenvalue weighted by atomic mass is 15.5. The molecular weight excluding hydrogens is 236 g/mol. The lowest BCUT2D eigenvalue weighted by atomic mass is 9.58. The SMILES string of the molecule is N#C[C@]12CCCC[C@H]1C[C@@H]1CCCC[C@]1(C#N)N2N. The fourth-order valence-corrected chi connectivity index (χ4v) is 4.82. The highest BCUT2D eigenvalue weighted by molar-refractivity contribution is 5.26. The van der Waals surface area contributed by atoms with Crippen molar-refractivity contribution < 1.29 is 0 Å². The van der Waals surface area contributed by atoms with Crippen molar-refractivity contribution in [2.45, 2.75) is 68.9 Å². The first kappa shape index (κ1) is 12.9. The van der Waals surface area contributed by atoms with Gasteiger partial charge < -0.3 is 0 Å². The highest BCUT2D eigenvalue weighted by Crippen LogP contribution is 2.54. The largest absolute Gasteiger partial charge is 0.266 e. The van der Waals surface area contributed by atoms with Crippen molar-refractivity contribution in [3.8, 4) is 12.1 Å². The van der Waals surface area contributed by atoms with E-state index < -0.39 is 11.1 Å². The lowest BCUT2D eigenvalue weighted by Gasteiger charge is -2.59. The van der Waals surface area contributed by atoms with Crippen molar-refractivity contribution in [3.63, 3.8) is 0 Å². The molecular formula is C15H22N4. The minimum Gasteiger partial charge on any atom is -0.266 e. The minimum atomic E-state index is -0.582. The van der Waals surface area contributed by atoms with E-state index in [0.717, 1.165) is 44.9 Å². The van der Waals surface area contributed by atoms with Gasteiger partial charge in [0.2, 0.25) is 0 Å². The quantitative estimate of drug-likeness (QED) is 0.677. The Kier molecular flexibility index (Phi) is 3.04. The van der Waals surface area contributed by atoms with Gasteiger partial charge in [-0.2, -0.15) is 10.5 Å². The molecule has 0 aromatic heterocycles. The van der Waals surface area contributed by atoms with Crippen molar-refractivity contribution >= 4 is 0 Å². The molecule has 3 fully saturated rings. The highest BCUT2D eigenvalue weighted by Gasteiger charge is 2.61. The molecule has 4 atom stereocenters. The first-order chi connectivity index (χ1) is 9.19. The van der Waals surface area contributed by atoms with Crippen LogP contribution >= 0.6 is 0 Å². The third kappa shape index (κ3) is 1.57. The molecule has 19 heavy (non-hydrogen) atoms. The zero-order valence-corrected chi connectivity index (χ0v) is 11.4. The van der Waals surface area contributed by atoms with E-state index in [4.69, 9.17) is 5.84 Å². The Morgan fingerprint density at radius 3 is 1.79 bits per heavy atom. The molecule has 0 amide bonds. The van der Waals surface area contributed by atoms with Crippen LogP contribution in [0.1, 0.15) is 57.8 Å². The lowest BCUT2D eigenvalue weighted by Crippen LogP contribution is -2.73. The average Bonchev–Trinajstić information content (AvgIpc) is 2.48.